The van der Waals surface area contributed by atoms with Gasteiger partial charge in [-0.1, -0.05) is 20.8 Å². The third kappa shape index (κ3) is 3.94. The molecule has 2 aromatic rings. The zero-order valence-electron chi connectivity index (χ0n) is 12.7. The van der Waals surface area contributed by atoms with Gasteiger partial charge in [0.05, 0.1) is 11.7 Å². The van der Waals surface area contributed by atoms with Gasteiger partial charge in [-0.2, -0.15) is 13.2 Å². The first-order valence-electron chi connectivity index (χ1n) is 6.70. The smallest absolute Gasteiger partial charge is 0.345 e. The molecule has 0 aliphatic carbocycles. The Balaban J connectivity index is 2.15. The van der Waals surface area contributed by atoms with Crippen molar-refractivity contribution >= 4 is 17.3 Å². The Morgan fingerprint density at radius 2 is 1.82 bits per heavy atom. The minimum atomic E-state index is -4.48. The summed E-state index contributed by atoms with van der Waals surface area (Å²) >= 11 is 1.46. The first-order chi connectivity index (χ1) is 10.1. The molecular weight excluding hydrogens is 313 g/mol. The van der Waals surface area contributed by atoms with Crippen LogP contribution >= 0.6 is 11.3 Å². The van der Waals surface area contributed by atoms with Crippen LogP contribution in [0.2, 0.25) is 0 Å². The maximum absolute atomic E-state index is 12.6. The molecule has 120 valence electrons. The minimum Gasteiger partial charge on any atom is -0.345 e. The van der Waals surface area contributed by atoms with Crippen molar-refractivity contribution < 1.29 is 13.2 Å². The molecule has 0 radical (unpaired) electrons. The standard InChI is InChI=1S/C14H17F3N4S/c1-8(11-20-10(7-22-11)13(2,3)4)19-12-18-6-5-9(21-12)14(15,16)17/h5-8H,1-4H3,(H,18,19,21). The van der Waals surface area contributed by atoms with Gasteiger partial charge in [-0.05, 0) is 13.0 Å². The fraction of sp³-hybridized carbons (Fsp3) is 0.500. The van der Waals surface area contributed by atoms with Crippen molar-refractivity contribution in [2.24, 2.45) is 0 Å². The number of halogens is 3. The fourth-order valence-corrected chi connectivity index (χ4v) is 2.73. The van der Waals surface area contributed by atoms with Gasteiger partial charge in [-0.3, -0.25) is 0 Å². The molecule has 0 saturated carbocycles. The Hall–Kier alpha value is -1.70. The molecule has 1 atom stereocenters. The van der Waals surface area contributed by atoms with Crippen molar-refractivity contribution in [1.82, 2.24) is 15.0 Å². The average Bonchev–Trinajstić information content (AvgIpc) is 2.87. The highest BCUT2D eigenvalue weighted by atomic mass is 32.1. The SMILES string of the molecule is CC(Nc1nccc(C(F)(F)F)n1)c1nc(C(C)(C)C)cs1. The molecule has 2 aromatic heterocycles. The van der Waals surface area contributed by atoms with E-state index in [1.54, 1.807) is 0 Å². The van der Waals surface area contributed by atoms with Gasteiger partial charge in [-0.25, -0.2) is 15.0 Å². The van der Waals surface area contributed by atoms with Crippen LogP contribution in [0.5, 0.6) is 0 Å². The molecule has 0 fully saturated rings. The van der Waals surface area contributed by atoms with Gasteiger partial charge in [0.15, 0.2) is 0 Å². The van der Waals surface area contributed by atoms with Crippen LogP contribution in [-0.4, -0.2) is 15.0 Å². The highest BCUT2D eigenvalue weighted by molar-refractivity contribution is 7.09. The average molecular weight is 330 g/mol. The third-order valence-electron chi connectivity index (χ3n) is 2.95. The lowest BCUT2D eigenvalue weighted by Gasteiger charge is -2.15. The maximum Gasteiger partial charge on any atom is 0.433 e. The summed E-state index contributed by atoms with van der Waals surface area (Å²) in [5.74, 6) is -0.0603. The fourth-order valence-electron chi connectivity index (χ4n) is 1.67. The van der Waals surface area contributed by atoms with E-state index in [1.807, 2.05) is 12.3 Å². The van der Waals surface area contributed by atoms with E-state index in [9.17, 15) is 13.2 Å². The largest absolute Gasteiger partial charge is 0.433 e. The highest BCUT2D eigenvalue weighted by Crippen LogP contribution is 2.30. The van der Waals surface area contributed by atoms with Crippen molar-refractivity contribution in [1.29, 1.82) is 0 Å². The van der Waals surface area contributed by atoms with E-state index in [2.05, 4.69) is 41.0 Å². The van der Waals surface area contributed by atoms with E-state index in [1.165, 1.54) is 11.3 Å². The summed E-state index contributed by atoms with van der Waals surface area (Å²) < 4.78 is 37.9. The number of rotatable bonds is 3. The molecule has 8 heteroatoms. The molecule has 0 saturated heterocycles. The molecule has 0 aliphatic heterocycles. The Morgan fingerprint density at radius 1 is 1.14 bits per heavy atom. The number of thiazole rings is 1. The lowest BCUT2D eigenvalue weighted by atomic mass is 9.93. The number of hydrogen-bond acceptors (Lipinski definition) is 5. The molecule has 0 bridgehead atoms. The lowest BCUT2D eigenvalue weighted by molar-refractivity contribution is -0.141. The zero-order chi connectivity index (χ0) is 16.5. The number of aromatic nitrogens is 3. The van der Waals surface area contributed by atoms with E-state index in [4.69, 9.17) is 0 Å². The lowest BCUT2D eigenvalue weighted by Crippen LogP contribution is -2.15. The first-order valence-corrected chi connectivity index (χ1v) is 7.58. The molecule has 2 rings (SSSR count). The Kier molecular flexibility index (Phi) is 4.42. The van der Waals surface area contributed by atoms with E-state index in [-0.39, 0.29) is 17.4 Å². The van der Waals surface area contributed by atoms with Crippen molar-refractivity contribution in [3.63, 3.8) is 0 Å². The molecule has 0 aromatic carbocycles. The van der Waals surface area contributed by atoms with Gasteiger partial charge in [-0.15, -0.1) is 11.3 Å². The van der Waals surface area contributed by atoms with Gasteiger partial charge >= 0.3 is 6.18 Å². The quantitative estimate of drug-likeness (QED) is 0.905. The summed E-state index contributed by atoms with van der Waals surface area (Å²) in [6.07, 6.45) is -3.39. The summed E-state index contributed by atoms with van der Waals surface area (Å²) in [5.41, 5.74) is -0.0842. The van der Waals surface area contributed by atoms with Crippen LogP contribution in [0.1, 0.15) is 50.1 Å². The number of anilines is 1. The molecule has 0 amide bonds. The summed E-state index contributed by atoms with van der Waals surface area (Å²) in [7, 11) is 0. The minimum absolute atomic E-state index is 0.0603. The zero-order valence-corrected chi connectivity index (χ0v) is 13.5. The molecule has 1 N–H and O–H groups in total. The van der Waals surface area contributed by atoms with E-state index >= 15 is 0 Å². The Labute approximate surface area is 130 Å². The summed E-state index contributed by atoms with van der Waals surface area (Å²) in [6.45, 7) is 7.98. The second kappa shape index (κ2) is 5.83. The molecule has 4 nitrogen and oxygen atoms in total. The summed E-state index contributed by atoms with van der Waals surface area (Å²) in [4.78, 5) is 11.9. The van der Waals surface area contributed by atoms with Crippen LogP contribution in [0.25, 0.3) is 0 Å². The molecule has 2 heterocycles. The predicted molar refractivity (Wildman–Crippen MR) is 79.9 cm³/mol. The van der Waals surface area contributed by atoms with E-state index in [0.717, 1.165) is 23.0 Å². The third-order valence-corrected chi connectivity index (χ3v) is 3.98. The molecule has 0 aliphatic rings. The first kappa shape index (κ1) is 16.7. The number of nitrogens with zero attached hydrogens (tertiary/aromatic N) is 3. The van der Waals surface area contributed by atoms with Crippen LogP contribution in [0.3, 0.4) is 0 Å². The number of hydrogen-bond donors (Lipinski definition) is 1. The van der Waals surface area contributed by atoms with Crippen LogP contribution in [0.15, 0.2) is 17.6 Å². The number of alkyl halides is 3. The molecule has 1 unspecified atom stereocenters. The van der Waals surface area contributed by atoms with Gasteiger partial charge in [0.25, 0.3) is 0 Å². The molecular formula is C14H17F3N4S. The van der Waals surface area contributed by atoms with Gasteiger partial charge in [0, 0.05) is 17.0 Å². The second-order valence-electron chi connectivity index (χ2n) is 5.95. The van der Waals surface area contributed by atoms with Crippen molar-refractivity contribution in [2.75, 3.05) is 5.32 Å². The van der Waals surface area contributed by atoms with Crippen LogP contribution < -0.4 is 5.32 Å². The van der Waals surface area contributed by atoms with Crippen LogP contribution in [-0.2, 0) is 11.6 Å². The Bertz CT molecular complexity index is 646. The second-order valence-corrected chi connectivity index (χ2v) is 6.84. The molecule has 22 heavy (non-hydrogen) atoms. The number of nitrogens with one attached hydrogen (secondary N) is 1. The van der Waals surface area contributed by atoms with E-state index < -0.39 is 11.9 Å². The van der Waals surface area contributed by atoms with Crippen molar-refractivity contribution in [3.8, 4) is 0 Å². The Morgan fingerprint density at radius 3 is 2.36 bits per heavy atom. The van der Waals surface area contributed by atoms with Crippen LogP contribution in [0, 0.1) is 0 Å². The van der Waals surface area contributed by atoms with Crippen molar-refractivity contribution in [3.05, 3.63) is 34.0 Å². The van der Waals surface area contributed by atoms with Gasteiger partial charge in [0.1, 0.15) is 10.7 Å². The van der Waals surface area contributed by atoms with Gasteiger partial charge < -0.3 is 5.32 Å². The topological polar surface area (TPSA) is 50.7 Å². The monoisotopic (exact) mass is 330 g/mol. The molecule has 0 spiro atoms. The van der Waals surface area contributed by atoms with Crippen molar-refractivity contribution in [2.45, 2.75) is 45.3 Å². The maximum atomic E-state index is 12.6. The van der Waals surface area contributed by atoms with Crippen LogP contribution in [0.4, 0.5) is 19.1 Å². The highest BCUT2D eigenvalue weighted by Gasteiger charge is 2.33. The summed E-state index contributed by atoms with van der Waals surface area (Å²) in [5, 5.41) is 5.60. The predicted octanol–water partition coefficient (Wildman–Crippen LogP) is 4.42. The van der Waals surface area contributed by atoms with Gasteiger partial charge in [0.2, 0.25) is 5.95 Å². The normalized spacial score (nSPS) is 14.0. The van der Waals surface area contributed by atoms with E-state index in [0.29, 0.717) is 0 Å². The summed E-state index contributed by atoms with van der Waals surface area (Å²) in [6, 6.07) is 0.571.